The molecule has 0 aliphatic carbocycles. The molecule has 18 heavy (non-hydrogen) atoms. The van der Waals surface area contributed by atoms with Crippen LogP contribution < -0.4 is 0 Å². The second-order valence-corrected chi connectivity index (χ2v) is 4.72. The molecular weight excluding hydrogens is 224 g/mol. The van der Waals surface area contributed by atoms with E-state index in [4.69, 9.17) is 0 Å². The molecule has 0 radical (unpaired) electrons. The van der Waals surface area contributed by atoms with E-state index in [0.717, 1.165) is 22.3 Å². The zero-order valence-corrected chi connectivity index (χ0v) is 10.7. The van der Waals surface area contributed by atoms with Gasteiger partial charge in [0, 0.05) is 0 Å². The summed E-state index contributed by atoms with van der Waals surface area (Å²) in [5.74, 6) is 0. The van der Waals surface area contributed by atoms with Crippen LogP contribution in [0.2, 0.25) is 0 Å². The molecule has 0 aromatic heterocycles. The highest BCUT2D eigenvalue weighted by molar-refractivity contribution is 5.29. The molecule has 0 heterocycles. The largest absolute Gasteiger partial charge is 0.385 e. The fourth-order valence-corrected chi connectivity index (χ4v) is 2.07. The van der Waals surface area contributed by atoms with E-state index in [1.165, 1.54) is 0 Å². The van der Waals surface area contributed by atoms with Gasteiger partial charge in [0.2, 0.25) is 0 Å². The average molecular weight is 242 g/mol. The number of aryl methyl sites for hydroxylation is 2. The monoisotopic (exact) mass is 242 g/mol. The summed E-state index contributed by atoms with van der Waals surface area (Å²) in [6, 6.07) is 15.2. The maximum Gasteiger partial charge on any atom is 0.109 e. The summed E-state index contributed by atoms with van der Waals surface area (Å²) in [6.45, 7) is 3.94. The summed E-state index contributed by atoms with van der Waals surface area (Å²) in [5.41, 5.74) is 3.62. The third kappa shape index (κ3) is 2.78. The summed E-state index contributed by atoms with van der Waals surface area (Å²) in [6.07, 6.45) is -1.79. The number of benzene rings is 2. The van der Waals surface area contributed by atoms with Crippen LogP contribution in [0.3, 0.4) is 0 Å². The van der Waals surface area contributed by atoms with Crippen molar-refractivity contribution >= 4 is 0 Å². The fraction of sp³-hybridized carbons (Fsp3) is 0.250. The van der Waals surface area contributed by atoms with Crippen molar-refractivity contribution in [3.63, 3.8) is 0 Å². The van der Waals surface area contributed by atoms with Crippen molar-refractivity contribution in [2.75, 3.05) is 0 Å². The van der Waals surface area contributed by atoms with Crippen molar-refractivity contribution in [3.05, 3.63) is 70.8 Å². The van der Waals surface area contributed by atoms with E-state index < -0.39 is 12.2 Å². The molecule has 0 aliphatic heterocycles. The van der Waals surface area contributed by atoms with Gasteiger partial charge in [-0.25, -0.2) is 0 Å². The highest BCUT2D eigenvalue weighted by atomic mass is 16.3. The molecule has 2 nitrogen and oxygen atoms in total. The van der Waals surface area contributed by atoms with Gasteiger partial charge < -0.3 is 10.2 Å². The van der Waals surface area contributed by atoms with E-state index in [1.54, 1.807) is 0 Å². The predicted molar refractivity (Wildman–Crippen MR) is 72.3 cm³/mol. The van der Waals surface area contributed by atoms with E-state index in [1.807, 2.05) is 62.4 Å². The van der Waals surface area contributed by atoms with Crippen molar-refractivity contribution in [1.82, 2.24) is 0 Å². The number of hydrogen-bond acceptors (Lipinski definition) is 2. The second kappa shape index (κ2) is 5.34. The van der Waals surface area contributed by atoms with Gasteiger partial charge in [0.1, 0.15) is 12.2 Å². The van der Waals surface area contributed by atoms with Crippen LogP contribution in [0.5, 0.6) is 0 Å². The summed E-state index contributed by atoms with van der Waals surface area (Å²) in [4.78, 5) is 0. The lowest BCUT2D eigenvalue weighted by atomic mass is 9.96. The van der Waals surface area contributed by atoms with Gasteiger partial charge in [-0.3, -0.25) is 0 Å². The Hall–Kier alpha value is -1.64. The van der Waals surface area contributed by atoms with Crippen LogP contribution in [-0.4, -0.2) is 10.2 Å². The molecule has 2 rings (SSSR count). The predicted octanol–water partition coefficient (Wildman–Crippen LogP) is 3.07. The SMILES string of the molecule is Cc1cccc([C@H](O)[C@@H](O)c2cccc(C)c2)c1. The lowest BCUT2D eigenvalue weighted by Crippen LogP contribution is -2.10. The standard InChI is InChI=1S/C16H18O2/c1-11-5-3-7-13(9-11)15(17)16(18)14-8-4-6-12(2)10-14/h3-10,15-18H,1-2H3/t15-,16-/m0/s1. The molecule has 0 bridgehead atoms. The molecule has 2 aromatic carbocycles. The van der Waals surface area contributed by atoms with Gasteiger partial charge >= 0.3 is 0 Å². The molecule has 2 N–H and O–H groups in total. The van der Waals surface area contributed by atoms with Crippen LogP contribution in [0.25, 0.3) is 0 Å². The van der Waals surface area contributed by atoms with Crippen molar-refractivity contribution in [3.8, 4) is 0 Å². The summed E-state index contributed by atoms with van der Waals surface area (Å²) >= 11 is 0. The van der Waals surface area contributed by atoms with Gasteiger partial charge in [-0.15, -0.1) is 0 Å². The highest BCUT2D eigenvalue weighted by Crippen LogP contribution is 2.29. The van der Waals surface area contributed by atoms with Crippen LogP contribution in [0.4, 0.5) is 0 Å². The zero-order chi connectivity index (χ0) is 13.1. The van der Waals surface area contributed by atoms with Crippen molar-refractivity contribution in [2.24, 2.45) is 0 Å². The Balaban J connectivity index is 2.26. The number of rotatable bonds is 3. The first-order valence-corrected chi connectivity index (χ1v) is 6.07. The first-order valence-electron chi connectivity index (χ1n) is 6.07. The fourth-order valence-electron chi connectivity index (χ4n) is 2.07. The molecule has 0 spiro atoms. The highest BCUT2D eigenvalue weighted by Gasteiger charge is 2.20. The molecule has 0 amide bonds. The smallest absolute Gasteiger partial charge is 0.109 e. The Bertz CT molecular complexity index is 485. The molecule has 2 heteroatoms. The minimum absolute atomic E-state index is 0.740. The summed E-state index contributed by atoms with van der Waals surface area (Å²) < 4.78 is 0. The van der Waals surface area contributed by atoms with Gasteiger partial charge in [0.05, 0.1) is 0 Å². The minimum Gasteiger partial charge on any atom is -0.385 e. The Labute approximate surface area is 108 Å². The third-order valence-electron chi connectivity index (χ3n) is 3.07. The molecule has 0 unspecified atom stereocenters. The van der Waals surface area contributed by atoms with E-state index >= 15 is 0 Å². The van der Waals surface area contributed by atoms with E-state index in [0.29, 0.717) is 0 Å². The maximum absolute atomic E-state index is 10.2. The van der Waals surface area contributed by atoms with Gasteiger partial charge in [0.15, 0.2) is 0 Å². The topological polar surface area (TPSA) is 40.5 Å². The maximum atomic E-state index is 10.2. The lowest BCUT2D eigenvalue weighted by Gasteiger charge is -2.19. The summed E-state index contributed by atoms with van der Waals surface area (Å²) in [7, 11) is 0. The van der Waals surface area contributed by atoms with Crippen LogP contribution in [0.15, 0.2) is 48.5 Å². The summed E-state index contributed by atoms with van der Waals surface area (Å²) in [5, 5.41) is 20.4. The van der Waals surface area contributed by atoms with Gasteiger partial charge in [-0.2, -0.15) is 0 Å². The van der Waals surface area contributed by atoms with Crippen molar-refractivity contribution in [2.45, 2.75) is 26.1 Å². The number of aliphatic hydroxyl groups is 2. The molecule has 94 valence electrons. The minimum atomic E-state index is -0.897. The van der Waals surface area contributed by atoms with Crippen LogP contribution in [0, 0.1) is 13.8 Å². The van der Waals surface area contributed by atoms with Crippen molar-refractivity contribution in [1.29, 1.82) is 0 Å². The molecule has 0 fully saturated rings. The lowest BCUT2D eigenvalue weighted by molar-refractivity contribution is 0.0172. The third-order valence-corrected chi connectivity index (χ3v) is 3.07. The van der Waals surface area contributed by atoms with E-state index in [2.05, 4.69) is 0 Å². The van der Waals surface area contributed by atoms with Crippen LogP contribution in [0.1, 0.15) is 34.5 Å². The Kier molecular flexibility index (Phi) is 3.80. The van der Waals surface area contributed by atoms with Crippen molar-refractivity contribution < 1.29 is 10.2 Å². The number of hydrogen-bond donors (Lipinski definition) is 2. The molecule has 2 aromatic rings. The Morgan fingerprint density at radius 1 is 0.722 bits per heavy atom. The zero-order valence-electron chi connectivity index (χ0n) is 10.7. The quantitative estimate of drug-likeness (QED) is 0.868. The van der Waals surface area contributed by atoms with Crippen LogP contribution >= 0.6 is 0 Å². The molecule has 0 saturated carbocycles. The number of aliphatic hydroxyl groups excluding tert-OH is 2. The average Bonchev–Trinajstić information content (AvgIpc) is 2.37. The molecular formula is C16H18O2. The van der Waals surface area contributed by atoms with Crippen LogP contribution in [-0.2, 0) is 0 Å². The first kappa shape index (κ1) is 12.8. The van der Waals surface area contributed by atoms with Gasteiger partial charge in [-0.05, 0) is 25.0 Å². The van der Waals surface area contributed by atoms with E-state index in [9.17, 15) is 10.2 Å². The van der Waals surface area contributed by atoms with Gasteiger partial charge in [-0.1, -0.05) is 59.7 Å². The second-order valence-electron chi connectivity index (χ2n) is 4.72. The molecule has 0 saturated heterocycles. The Morgan fingerprint density at radius 3 is 1.44 bits per heavy atom. The Morgan fingerprint density at radius 2 is 1.11 bits per heavy atom. The molecule has 0 aliphatic rings. The van der Waals surface area contributed by atoms with Gasteiger partial charge in [0.25, 0.3) is 0 Å². The van der Waals surface area contributed by atoms with E-state index in [-0.39, 0.29) is 0 Å². The first-order chi connectivity index (χ1) is 8.58. The normalized spacial score (nSPS) is 14.2. The molecule has 2 atom stereocenters.